The molecule has 1 fully saturated rings. The lowest BCUT2D eigenvalue weighted by molar-refractivity contribution is 0.218. The van der Waals surface area contributed by atoms with Crippen molar-refractivity contribution in [1.29, 1.82) is 0 Å². The average Bonchev–Trinajstić information content (AvgIpc) is 2.84. The zero-order chi connectivity index (χ0) is 13.7. The fourth-order valence-corrected chi connectivity index (χ4v) is 4.91. The van der Waals surface area contributed by atoms with Crippen LogP contribution in [0, 0.1) is 11.8 Å². The van der Waals surface area contributed by atoms with Gasteiger partial charge in [0.2, 0.25) is 0 Å². The van der Waals surface area contributed by atoms with Crippen LogP contribution in [0.4, 0.5) is 0 Å². The minimum atomic E-state index is 0.665. The van der Waals surface area contributed by atoms with Gasteiger partial charge in [0.05, 0.1) is 0 Å². The van der Waals surface area contributed by atoms with Crippen molar-refractivity contribution in [3.8, 4) is 0 Å². The molecular formula is C16H26BrNS. The second kappa shape index (κ2) is 7.80. The Morgan fingerprint density at radius 1 is 1.32 bits per heavy atom. The van der Waals surface area contributed by atoms with Crippen LogP contribution in [0.3, 0.4) is 0 Å². The van der Waals surface area contributed by atoms with Crippen molar-refractivity contribution >= 4 is 27.3 Å². The minimum absolute atomic E-state index is 0.665. The fraction of sp³-hybridized carbons (Fsp3) is 0.750. The van der Waals surface area contributed by atoms with Gasteiger partial charge in [0.25, 0.3) is 0 Å². The van der Waals surface area contributed by atoms with Gasteiger partial charge in [0, 0.05) is 15.4 Å². The van der Waals surface area contributed by atoms with E-state index < -0.39 is 0 Å². The molecule has 0 aliphatic heterocycles. The van der Waals surface area contributed by atoms with Crippen LogP contribution in [0.25, 0.3) is 0 Å². The monoisotopic (exact) mass is 343 g/mol. The summed E-state index contributed by atoms with van der Waals surface area (Å²) in [5, 5.41) is 5.93. The molecule has 1 aliphatic carbocycles. The summed E-state index contributed by atoms with van der Waals surface area (Å²) in [6, 6.07) is 2.84. The third kappa shape index (κ3) is 4.30. The maximum Gasteiger partial charge on any atom is 0.0314 e. The van der Waals surface area contributed by atoms with Gasteiger partial charge in [-0.1, -0.05) is 33.1 Å². The first-order valence-electron chi connectivity index (χ1n) is 7.69. The van der Waals surface area contributed by atoms with Gasteiger partial charge in [-0.15, -0.1) is 11.3 Å². The van der Waals surface area contributed by atoms with Crippen LogP contribution in [0.5, 0.6) is 0 Å². The Hall–Kier alpha value is 0.140. The number of thiophene rings is 1. The number of halogens is 1. The third-order valence-electron chi connectivity index (χ3n) is 4.60. The van der Waals surface area contributed by atoms with E-state index in [1.54, 1.807) is 0 Å². The molecule has 19 heavy (non-hydrogen) atoms. The predicted molar refractivity (Wildman–Crippen MR) is 88.9 cm³/mol. The van der Waals surface area contributed by atoms with Crippen LogP contribution in [0.1, 0.15) is 50.8 Å². The Kier molecular flexibility index (Phi) is 6.37. The van der Waals surface area contributed by atoms with Crippen molar-refractivity contribution in [2.45, 2.75) is 58.4 Å². The summed E-state index contributed by atoms with van der Waals surface area (Å²) in [5.74, 6) is 1.86. The largest absolute Gasteiger partial charge is 0.314 e. The Bertz CT molecular complexity index is 369. The maximum atomic E-state index is 3.74. The lowest BCUT2D eigenvalue weighted by Gasteiger charge is -2.34. The first-order chi connectivity index (χ1) is 9.24. The summed E-state index contributed by atoms with van der Waals surface area (Å²) >= 11 is 5.56. The van der Waals surface area contributed by atoms with Gasteiger partial charge in [-0.2, -0.15) is 0 Å². The van der Waals surface area contributed by atoms with E-state index in [0.717, 1.165) is 18.4 Å². The van der Waals surface area contributed by atoms with Crippen molar-refractivity contribution in [3.05, 3.63) is 20.8 Å². The van der Waals surface area contributed by atoms with Crippen LogP contribution < -0.4 is 5.32 Å². The van der Waals surface area contributed by atoms with Crippen molar-refractivity contribution < 1.29 is 0 Å². The van der Waals surface area contributed by atoms with Gasteiger partial charge >= 0.3 is 0 Å². The SMILES string of the molecule is CCNC(Cc1sccc1Br)C1CCC(CC)CC1. The molecule has 1 heterocycles. The quantitative estimate of drug-likeness (QED) is 0.743. The normalized spacial score (nSPS) is 25.4. The van der Waals surface area contributed by atoms with Gasteiger partial charge in [0.1, 0.15) is 0 Å². The molecule has 0 bridgehead atoms. The molecule has 0 aromatic carbocycles. The van der Waals surface area contributed by atoms with Crippen molar-refractivity contribution in [2.75, 3.05) is 6.54 Å². The van der Waals surface area contributed by atoms with E-state index in [4.69, 9.17) is 0 Å². The van der Waals surface area contributed by atoms with E-state index in [2.05, 4.69) is 46.5 Å². The Balaban J connectivity index is 1.94. The van der Waals surface area contributed by atoms with Crippen LogP contribution in [-0.4, -0.2) is 12.6 Å². The standard InChI is InChI=1S/C16H26BrNS/c1-3-12-5-7-13(8-6-12)15(18-4-2)11-16-14(17)9-10-19-16/h9-10,12-13,15,18H,3-8,11H2,1-2H3. The van der Waals surface area contributed by atoms with Gasteiger partial charge in [-0.3, -0.25) is 0 Å². The zero-order valence-corrected chi connectivity index (χ0v) is 14.5. The summed E-state index contributed by atoms with van der Waals surface area (Å²) in [6.07, 6.45) is 8.27. The molecule has 1 aromatic heterocycles. The van der Waals surface area contributed by atoms with Gasteiger partial charge < -0.3 is 5.32 Å². The lowest BCUT2D eigenvalue weighted by atomic mass is 9.77. The van der Waals surface area contributed by atoms with Crippen molar-refractivity contribution in [2.24, 2.45) is 11.8 Å². The second-order valence-electron chi connectivity index (χ2n) is 5.75. The smallest absolute Gasteiger partial charge is 0.0314 e. The first kappa shape index (κ1) is 15.5. The van der Waals surface area contributed by atoms with E-state index in [1.807, 2.05) is 11.3 Å². The maximum absolute atomic E-state index is 3.74. The molecule has 1 N–H and O–H groups in total. The molecule has 0 radical (unpaired) electrons. The molecule has 108 valence electrons. The van der Waals surface area contributed by atoms with Crippen LogP contribution in [-0.2, 0) is 6.42 Å². The molecule has 3 heteroatoms. The van der Waals surface area contributed by atoms with Gasteiger partial charge in [0.15, 0.2) is 0 Å². The molecule has 0 amide bonds. The van der Waals surface area contributed by atoms with Crippen LogP contribution >= 0.6 is 27.3 Å². The topological polar surface area (TPSA) is 12.0 Å². The molecule has 0 spiro atoms. The molecule has 2 rings (SSSR count). The molecule has 0 saturated heterocycles. The predicted octanol–water partition coefficient (Wildman–Crippen LogP) is 5.25. The number of likely N-dealkylation sites (N-methyl/N-ethyl adjacent to an activating group) is 1. The molecular weight excluding hydrogens is 318 g/mol. The number of rotatable bonds is 6. The highest BCUT2D eigenvalue weighted by atomic mass is 79.9. The van der Waals surface area contributed by atoms with Crippen LogP contribution in [0.15, 0.2) is 15.9 Å². The zero-order valence-electron chi connectivity index (χ0n) is 12.1. The molecule has 1 nitrogen and oxygen atoms in total. The Morgan fingerprint density at radius 3 is 2.58 bits per heavy atom. The van der Waals surface area contributed by atoms with E-state index >= 15 is 0 Å². The number of hydrogen-bond acceptors (Lipinski definition) is 2. The molecule has 1 aliphatic rings. The molecule has 1 aromatic rings. The summed E-state index contributed by atoms with van der Waals surface area (Å²) < 4.78 is 1.29. The third-order valence-corrected chi connectivity index (χ3v) is 6.55. The summed E-state index contributed by atoms with van der Waals surface area (Å²) in [5.41, 5.74) is 0. The van der Waals surface area contributed by atoms with Crippen LogP contribution in [0.2, 0.25) is 0 Å². The first-order valence-corrected chi connectivity index (χ1v) is 9.37. The molecule has 1 atom stereocenters. The van der Waals surface area contributed by atoms with E-state index in [9.17, 15) is 0 Å². The molecule has 1 saturated carbocycles. The number of hydrogen-bond donors (Lipinski definition) is 1. The average molecular weight is 344 g/mol. The van der Waals surface area contributed by atoms with E-state index in [1.165, 1.54) is 47.9 Å². The van der Waals surface area contributed by atoms with E-state index in [0.29, 0.717) is 6.04 Å². The highest BCUT2D eigenvalue weighted by Crippen LogP contribution is 2.34. The highest BCUT2D eigenvalue weighted by molar-refractivity contribution is 9.10. The summed E-state index contributed by atoms with van der Waals surface area (Å²) in [7, 11) is 0. The molecule has 1 unspecified atom stereocenters. The van der Waals surface area contributed by atoms with Crippen molar-refractivity contribution in [1.82, 2.24) is 5.32 Å². The fourth-order valence-electron chi connectivity index (χ4n) is 3.34. The van der Waals surface area contributed by atoms with E-state index in [-0.39, 0.29) is 0 Å². The van der Waals surface area contributed by atoms with Gasteiger partial charge in [-0.05, 0) is 65.0 Å². The Labute approximate surface area is 130 Å². The minimum Gasteiger partial charge on any atom is -0.314 e. The highest BCUT2D eigenvalue weighted by Gasteiger charge is 2.27. The van der Waals surface area contributed by atoms with Gasteiger partial charge in [-0.25, -0.2) is 0 Å². The summed E-state index contributed by atoms with van der Waals surface area (Å²) in [4.78, 5) is 1.50. The lowest BCUT2D eigenvalue weighted by Crippen LogP contribution is -2.39. The van der Waals surface area contributed by atoms with Crippen molar-refractivity contribution in [3.63, 3.8) is 0 Å². The summed E-state index contributed by atoms with van der Waals surface area (Å²) in [6.45, 7) is 5.66. The Morgan fingerprint density at radius 2 is 2.05 bits per heavy atom. The second-order valence-corrected chi connectivity index (χ2v) is 7.60. The number of nitrogens with one attached hydrogen (secondary N) is 1.